The summed E-state index contributed by atoms with van der Waals surface area (Å²) >= 11 is 0. The molecule has 0 spiro atoms. The summed E-state index contributed by atoms with van der Waals surface area (Å²) in [6.07, 6.45) is 0. The van der Waals surface area contributed by atoms with Crippen LogP contribution in [-0.4, -0.2) is 23.0 Å². The molecule has 0 aliphatic carbocycles. The van der Waals surface area contributed by atoms with E-state index in [1.807, 2.05) is 208 Å². The Hall–Kier alpha value is -7.96. The highest BCUT2D eigenvalue weighted by Gasteiger charge is 2.27. The number of rotatable bonds is 6. The van der Waals surface area contributed by atoms with Crippen molar-refractivity contribution in [3.63, 3.8) is 0 Å². The van der Waals surface area contributed by atoms with Crippen LogP contribution >= 0.6 is 0 Å². The summed E-state index contributed by atoms with van der Waals surface area (Å²) in [5.41, 5.74) is 8.06. The molecule has 288 valence electrons. The second-order valence-corrected chi connectivity index (χ2v) is 14.7. The van der Waals surface area contributed by atoms with Gasteiger partial charge in [0.2, 0.25) is 0 Å². The second kappa shape index (κ2) is 16.5. The molecule has 9 rings (SSSR count). The largest absolute Gasteiger partial charge is 0.357 e. The molecular weight excluding hydrogens is 737 g/mol. The van der Waals surface area contributed by atoms with Crippen molar-refractivity contribution in [2.24, 2.45) is 9.98 Å². The van der Waals surface area contributed by atoms with Gasteiger partial charge >= 0.3 is 0 Å². The fourth-order valence-corrected chi connectivity index (χ4v) is 7.72. The highest BCUT2D eigenvalue weighted by atomic mass is 16.1. The number of Topliss-reactive ketones (excluding diaryl/α,β-unsaturated/α-hetero) is 2. The van der Waals surface area contributed by atoms with Gasteiger partial charge in [0.1, 0.15) is 0 Å². The van der Waals surface area contributed by atoms with Crippen LogP contribution in [-0.2, 0) is 0 Å². The van der Waals surface area contributed by atoms with Gasteiger partial charge in [0.15, 0.2) is 11.6 Å². The molecule has 2 N–H and O–H groups in total. The molecule has 60 heavy (non-hydrogen) atoms. The summed E-state index contributed by atoms with van der Waals surface area (Å²) in [4.78, 5) is 40.9. The summed E-state index contributed by atoms with van der Waals surface area (Å²) in [5, 5.41) is 11.3. The first kappa shape index (κ1) is 37.6. The number of hydrogen-bond donors (Lipinski definition) is 2. The number of anilines is 2. The molecule has 1 aliphatic heterocycles. The van der Waals surface area contributed by atoms with Gasteiger partial charge in [-0.15, -0.1) is 0 Å². The summed E-state index contributed by atoms with van der Waals surface area (Å²) in [6, 6.07) is 62.6. The molecule has 1 heterocycles. The third-order valence-electron chi connectivity index (χ3n) is 10.7. The number of carbonyl (C=O) groups is 2. The van der Waals surface area contributed by atoms with Crippen LogP contribution < -0.4 is 10.6 Å². The van der Waals surface area contributed by atoms with Crippen molar-refractivity contribution < 1.29 is 9.59 Å². The van der Waals surface area contributed by atoms with E-state index < -0.39 is 0 Å². The molecular formula is C54H40N4O2. The predicted octanol–water partition coefficient (Wildman–Crippen LogP) is 13.2. The minimum absolute atomic E-state index is 0.184. The molecule has 0 radical (unpaired) electrons. The second-order valence-electron chi connectivity index (χ2n) is 14.7. The van der Waals surface area contributed by atoms with E-state index >= 15 is 9.59 Å². The van der Waals surface area contributed by atoms with E-state index in [0.717, 1.165) is 32.7 Å². The van der Waals surface area contributed by atoms with E-state index in [4.69, 9.17) is 9.98 Å². The average molecular weight is 777 g/mol. The van der Waals surface area contributed by atoms with Gasteiger partial charge in [-0.1, -0.05) is 158 Å². The van der Waals surface area contributed by atoms with Gasteiger partial charge in [0, 0.05) is 22.4 Å². The number of nitrogens with zero attached hydrogens (tertiary/aromatic N) is 2. The maximum Gasteiger partial charge on any atom is 0.196 e. The van der Waals surface area contributed by atoms with Crippen molar-refractivity contribution in [1.82, 2.24) is 0 Å². The lowest BCUT2D eigenvalue weighted by atomic mass is 9.91. The first-order valence-corrected chi connectivity index (χ1v) is 19.9. The summed E-state index contributed by atoms with van der Waals surface area (Å²) in [7, 11) is 0. The zero-order chi connectivity index (χ0) is 41.0. The standard InChI is InChI=1S/C54H40N4O2/c1-35-49(53(59)43-31-29-37-17-9-11-23-41(37)33-43)51(39-19-5-3-6-20-39)57-47-27-15-16-28-48(47)58-52(40-21-7-4-8-22-40)50(36(2)56-46-26-14-13-25-45(46)55-35)54(60)44-32-30-38-18-10-12-24-42(38)34-44/h3-34,55,58H,1-2H3/b49-35+,52-50+,56-36?,57-51?. The molecule has 8 aromatic carbocycles. The number of carbonyl (C=O) groups excluding carboxylic acids is 2. The molecule has 6 heteroatoms. The molecule has 8 aromatic rings. The van der Waals surface area contributed by atoms with Gasteiger partial charge in [-0.25, -0.2) is 4.99 Å². The number of allylic oxidation sites excluding steroid dienone is 3. The predicted molar refractivity (Wildman–Crippen MR) is 248 cm³/mol. The summed E-state index contributed by atoms with van der Waals surface area (Å²) in [5.74, 6) is -0.368. The fraction of sp³-hybridized carbons (Fsp3) is 0.0370. The Kier molecular flexibility index (Phi) is 10.3. The first-order chi connectivity index (χ1) is 29.4. The number of fused-ring (bicyclic) bond motifs is 4. The average Bonchev–Trinajstić information content (AvgIpc) is 3.29. The molecule has 0 aromatic heterocycles. The summed E-state index contributed by atoms with van der Waals surface area (Å²) in [6.45, 7) is 3.77. The minimum atomic E-state index is -0.184. The summed E-state index contributed by atoms with van der Waals surface area (Å²) < 4.78 is 0. The first-order valence-electron chi connectivity index (χ1n) is 19.9. The van der Waals surface area contributed by atoms with Crippen LogP contribution in [0.25, 0.3) is 27.2 Å². The highest BCUT2D eigenvalue weighted by molar-refractivity contribution is 6.35. The Morgan fingerprint density at radius 1 is 0.417 bits per heavy atom. The molecule has 0 bridgehead atoms. The van der Waals surface area contributed by atoms with Crippen LogP contribution in [0.5, 0.6) is 0 Å². The number of ketones is 2. The number of benzene rings is 8. The van der Waals surface area contributed by atoms with Gasteiger partial charge in [-0.3, -0.25) is 14.6 Å². The fourth-order valence-electron chi connectivity index (χ4n) is 7.72. The third kappa shape index (κ3) is 7.58. The molecule has 0 amide bonds. The van der Waals surface area contributed by atoms with Crippen molar-refractivity contribution in [2.75, 3.05) is 10.6 Å². The van der Waals surface area contributed by atoms with E-state index in [-0.39, 0.29) is 11.6 Å². The molecule has 0 fully saturated rings. The lowest BCUT2D eigenvalue weighted by Crippen LogP contribution is -2.20. The normalized spacial score (nSPS) is 15.7. The lowest BCUT2D eigenvalue weighted by Gasteiger charge is -2.21. The maximum atomic E-state index is 15.2. The van der Waals surface area contributed by atoms with Gasteiger partial charge in [-0.05, 0) is 77.4 Å². The Morgan fingerprint density at radius 3 is 1.45 bits per heavy atom. The molecule has 0 unspecified atom stereocenters. The molecule has 1 aliphatic rings. The van der Waals surface area contributed by atoms with E-state index in [2.05, 4.69) is 10.6 Å². The van der Waals surface area contributed by atoms with Gasteiger partial charge in [0.25, 0.3) is 0 Å². The van der Waals surface area contributed by atoms with Crippen LogP contribution in [0.1, 0.15) is 45.7 Å². The van der Waals surface area contributed by atoms with Crippen molar-refractivity contribution in [2.45, 2.75) is 13.8 Å². The molecule has 0 saturated heterocycles. The number of hydrogen-bond acceptors (Lipinski definition) is 6. The minimum Gasteiger partial charge on any atom is -0.357 e. The van der Waals surface area contributed by atoms with Crippen LogP contribution in [0, 0.1) is 0 Å². The topological polar surface area (TPSA) is 82.9 Å². The van der Waals surface area contributed by atoms with E-state index in [9.17, 15) is 0 Å². The Bertz CT molecular complexity index is 3090. The van der Waals surface area contributed by atoms with Crippen LogP contribution in [0.4, 0.5) is 22.7 Å². The Labute approximate surface area is 349 Å². The number of aliphatic imine (C=N–C) groups is 2. The SMILES string of the molecule is CC1=Nc2ccccc2N/C(C)=C(/C(=O)c2ccc3ccccc3c2)C(c2ccccc2)=Nc2ccccc2N/C(c2ccccc2)=C\1C(=O)c1ccc2ccccc2c1. The van der Waals surface area contributed by atoms with Gasteiger partial charge < -0.3 is 10.6 Å². The van der Waals surface area contributed by atoms with Gasteiger partial charge in [-0.2, -0.15) is 0 Å². The quantitative estimate of drug-likeness (QED) is 0.165. The smallest absolute Gasteiger partial charge is 0.196 e. The van der Waals surface area contributed by atoms with Crippen molar-refractivity contribution in [3.05, 3.63) is 233 Å². The van der Waals surface area contributed by atoms with E-state index in [1.54, 1.807) is 0 Å². The Balaban J connectivity index is 1.33. The third-order valence-corrected chi connectivity index (χ3v) is 10.7. The molecule has 0 atom stereocenters. The van der Waals surface area contributed by atoms with Crippen molar-refractivity contribution >= 4 is 73.0 Å². The number of para-hydroxylation sites is 4. The van der Waals surface area contributed by atoms with Crippen LogP contribution in [0.15, 0.2) is 221 Å². The van der Waals surface area contributed by atoms with E-state index in [1.165, 1.54) is 0 Å². The molecule has 6 nitrogen and oxygen atoms in total. The maximum absolute atomic E-state index is 15.2. The number of nitrogens with one attached hydrogen (secondary N) is 2. The van der Waals surface area contributed by atoms with Crippen LogP contribution in [0.2, 0.25) is 0 Å². The molecule has 0 saturated carbocycles. The van der Waals surface area contributed by atoms with Crippen molar-refractivity contribution in [1.29, 1.82) is 0 Å². The van der Waals surface area contributed by atoms with Gasteiger partial charge in [0.05, 0.1) is 51.0 Å². The Morgan fingerprint density at radius 2 is 0.867 bits per heavy atom. The van der Waals surface area contributed by atoms with E-state index in [0.29, 0.717) is 67.8 Å². The zero-order valence-electron chi connectivity index (χ0n) is 33.2. The van der Waals surface area contributed by atoms with Crippen LogP contribution in [0.3, 0.4) is 0 Å². The highest BCUT2D eigenvalue weighted by Crippen LogP contribution is 2.36. The van der Waals surface area contributed by atoms with Crippen molar-refractivity contribution in [3.8, 4) is 0 Å². The lowest BCUT2D eigenvalue weighted by molar-refractivity contribution is 0.103. The monoisotopic (exact) mass is 776 g/mol. The zero-order valence-corrected chi connectivity index (χ0v) is 33.2.